The van der Waals surface area contributed by atoms with Crippen LogP contribution < -0.4 is 5.32 Å². The van der Waals surface area contributed by atoms with E-state index in [1.807, 2.05) is 7.05 Å². The molecule has 3 heteroatoms. The highest BCUT2D eigenvalue weighted by atomic mass is 16.5. The molecule has 0 aromatic carbocycles. The van der Waals surface area contributed by atoms with E-state index in [0.717, 1.165) is 0 Å². The summed E-state index contributed by atoms with van der Waals surface area (Å²) in [6, 6.07) is 0. The van der Waals surface area contributed by atoms with Gasteiger partial charge in [-0.25, -0.2) is 0 Å². The molecule has 1 aliphatic rings. The van der Waals surface area contributed by atoms with Crippen molar-refractivity contribution in [2.24, 2.45) is 5.92 Å². The Kier molecular flexibility index (Phi) is 3.98. The van der Waals surface area contributed by atoms with Gasteiger partial charge in [0.15, 0.2) is 0 Å². The molecule has 1 fully saturated rings. The molecule has 12 heavy (non-hydrogen) atoms. The zero-order valence-corrected chi connectivity index (χ0v) is 8.34. The van der Waals surface area contributed by atoms with Crippen molar-refractivity contribution in [1.82, 2.24) is 10.2 Å². The second kappa shape index (κ2) is 4.80. The number of piperidine rings is 1. The van der Waals surface area contributed by atoms with Crippen molar-refractivity contribution >= 4 is 0 Å². The van der Waals surface area contributed by atoms with Gasteiger partial charge in [-0.15, -0.1) is 0 Å². The summed E-state index contributed by atoms with van der Waals surface area (Å²) in [6.45, 7) is 2.40. The van der Waals surface area contributed by atoms with Gasteiger partial charge in [0.25, 0.3) is 0 Å². The molecule has 0 aromatic heterocycles. The molecule has 0 aliphatic carbocycles. The topological polar surface area (TPSA) is 24.5 Å². The molecule has 3 nitrogen and oxygen atoms in total. The van der Waals surface area contributed by atoms with Crippen molar-refractivity contribution in [2.75, 3.05) is 34.3 Å². The fourth-order valence-corrected chi connectivity index (χ4v) is 1.88. The number of methoxy groups -OCH3 is 1. The Morgan fingerprint density at radius 1 is 1.42 bits per heavy atom. The first-order valence-corrected chi connectivity index (χ1v) is 4.66. The highest BCUT2D eigenvalue weighted by molar-refractivity contribution is 4.74. The molecule has 1 saturated heterocycles. The van der Waals surface area contributed by atoms with Gasteiger partial charge in [-0.2, -0.15) is 0 Å². The van der Waals surface area contributed by atoms with E-state index in [-0.39, 0.29) is 6.23 Å². The lowest BCUT2D eigenvalue weighted by atomic mass is 9.95. The summed E-state index contributed by atoms with van der Waals surface area (Å²) < 4.78 is 5.34. The van der Waals surface area contributed by atoms with Crippen LogP contribution in [-0.4, -0.2) is 45.4 Å². The number of ether oxygens (including phenoxy) is 1. The molecule has 1 unspecified atom stereocenters. The first-order valence-electron chi connectivity index (χ1n) is 4.66. The van der Waals surface area contributed by atoms with Crippen molar-refractivity contribution in [3.8, 4) is 0 Å². The van der Waals surface area contributed by atoms with E-state index in [1.54, 1.807) is 7.11 Å². The Labute approximate surface area is 75.1 Å². The van der Waals surface area contributed by atoms with Crippen molar-refractivity contribution < 1.29 is 4.74 Å². The molecule has 0 saturated carbocycles. The maximum Gasteiger partial charge on any atom is 0.110 e. The fourth-order valence-electron chi connectivity index (χ4n) is 1.88. The van der Waals surface area contributed by atoms with Crippen LogP contribution >= 0.6 is 0 Å². The second-order valence-corrected chi connectivity index (χ2v) is 3.59. The molecule has 0 bridgehead atoms. The highest BCUT2D eigenvalue weighted by Gasteiger charge is 2.23. The molecule has 1 atom stereocenters. The van der Waals surface area contributed by atoms with Gasteiger partial charge in [0, 0.05) is 13.0 Å². The molecule has 1 N–H and O–H groups in total. The van der Waals surface area contributed by atoms with Crippen LogP contribution in [0.15, 0.2) is 0 Å². The van der Waals surface area contributed by atoms with Crippen molar-refractivity contribution in [3.05, 3.63) is 0 Å². The lowest BCUT2D eigenvalue weighted by Gasteiger charge is -2.33. The third-order valence-electron chi connectivity index (χ3n) is 2.73. The van der Waals surface area contributed by atoms with E-state index in [4.69, 9.17) is 4.74 Å². The molecular formula is C9H20N2O. The summed E-state index contributed by atoms with van der Waals surface area (Å²) in [4.78, 5) is 2.37. The number of hydrogen-bond acceptors (Lipinski definition) is 3. The van der Waals surface area contributed by atoms with Crippen LogP contribution in [0.5, 0.6) is 0 Å². The lowest BCUT2D eigenvalue weighted by molar-refractivity contribution is 0.00755. The number of rotatable bonds is 3. The summed E-state index contributed by atoms with van der Waals surface area (Å²) in [6.07, 6.45) is 2.74. The maximum absolute atomic E-state index is 5.34. The standard InChI is InChI=1S/C9H20N2O/c1-10-9(12-3)8-4-6-11(2)7-5-8/h8-10H,4-7H2,1-3H3. The van der Waals surface area contributed by atoms with Gasteiger partial charge in [0.1, 0.15) is 6.23 Å². The summed E-state index contributed by atoms with van der Waals surface area (Å²) in [7, 11) is 5.92. The van der Waals surface area contributed by atoms with E-state index in [0.29, 0.717) is 5.92 Å². The van der Waals surface area contributed by atoms with Crippen LogP contribution in [0.4, 0.5) is 0 Å². The first-order chi connectivity index (χ1) is 5.77. The number of nitrogens with zero attached hydrogens (tertiary/aromatic N) is 1. The molecule has 0 spiro atoms. The average molecular weight is 172 g/mol. The predicted molar refractivity (Wildman–Crippen MR) is 50.1 cm³/mol. The zero-order chi connectivity index (χ0) is 8.97. The monoisotopic (exact) mass is 172 g/mol. The van der Waals surface area contributed by atoms with Crippen LogP contribution in [0.3, 0.4) is 0 Å². The minimum atomic E-state index is 0.249. The SMILES string of the molecule is CNC(OC)C1CCN(C)CC1. The molecule has 1 heterocycles. The normalized spacial score (nSPS) is 24.2. The average Bonchev–Trinajstić information content (AvgIpc) is 2.10. The van der Waals surface area contributed by atoms with E-state index in [9.17, 15) is 0 Å². The van der Waals surface area contributed by atoms with Crippen LogP contribution in [0.25, 0.3) is 0 Å². The minimum absolute atomic E-state index is 0.249. The highest BCUT2D eigenvalue weighted by Crippen LogP contribution is 2.19. The number of hydrogen-bond donors (Lipinski definition) is 1. The number of nitrogens with one attached hydrogen (secondary N) is 1. The Balaban J connectivity index is 2.32. The molecular weight excluding hydrogens is 152 g/mol. The van der Waals surface area contributed by atoms with E-state index >= 15 is 0 Å². The molecule has 0 amide bonds. The van der Waals surface area contributed by atoms with E-state index in [2.05, 4.69) is 17.3 Å². The van der Waals surface area contributed by atoms with Crippen LogP contribution in [-0.2, 0) is 4.74 Å². The van der Waals surface area contributed by atoms with Gasteiger partial charge in [-0.05, 0) is 40.0 Å². The summed E-state index contributed by atoms with van der Waals surface area (Å²) in [5.74, 6) is 0.691. The quantitative estimate of drug-likeness (QED) is 0.628. The molecule has 1 aliphatic heterocycles. The largest absolute Gasteiger partial charge is 0.366 e. The van der Waals surface area contributed by atoms with Gasteiger partial charge in [0.2, 0.25) is 0 Å². The molecule has 0 radical (unpaired) electrons. The zero-order valence-electron chi connectivity index (χ0n) is 8.34. The Morgan fingerprint density at radius 3 is 2.42 bits per heavy atom. The summed E-state index contributed by atoms with van der Waals surface area (Å²) in [5.41, 5.74) is 0. The van der Waals surface area contributed by atoms with Gasteiger partial charge >= 0.3 is 0 Å². The van der Waals surface area contributed by atoms with Gasteiger partial charge in [-0.3, -0.25) is 5.32 Å². The van der Waals surface area contributed by atoms with E-state index < -0.39 is 0 Å². The Morgan fingerprint density at radius 2 is 2.00 bits per heavy atom. The van der Waals surface area contributed by atoms with Crippen molar-refractivity contribution in [3.63, 3.8) is 0 Å². The van der Waals surface area contributed by atoms with Crippen LogP contribution in [0, 0.1) is 5.92 Å². The Hall–Kier alpha value is -0.120. The van der Waals surface area contributed by atoms with E-state index in [1.165, 1.54) is 25.9 Å². The van der Waals surface area contributed by atoms with Crippen LogP contribution in [0.1, 0.15) is 12.8 Å². The smallest absolute Gasteiger partial charge is 0.110 e. The fraction of sp³-hybridized carbons (Fsp3) is 1.00. The summed E-state index contributed by atoms with van der Waals surface area (Å²) >= 11 is 0. The van der Waals surface area contributed by atoms with Gasteiger partial charge in [0.05, 0.1) is 0 Å². The van der Waals surface area contributed by atoms with Gasteiger partial charge < -0.3 is 9.64 Å². The van der Waals surface area contributed by atoms with Crippen LogP contribution in [0.2, 0.25) is 0 Å². The molecule has 0 aromatic rings. The van der Waals surface area contributed by atoms with Crippen molar-refractivity contribution in [1.29, 1.82) is 0 Å². The third kappa shape index (κ3) is 2.44. The van der Waals surface area contributed by atoms with Gasteiger partial charge in [-0.1, -0.05) is 0 Å². The van der Waals surface area contributed by atoms with Crippen molar-refractivity contribution in [2.45, 2.75) is 19.1 Å². The minimum Gasteiger partial charge on any atom is -0.366 e. The predicted octanol–water partition coefficient (Wildman–Crippen LogP) is 0.520. The molecule has 1 rings (SSSR count). The molecule has 72 valence electrons. The summed E-state index contributed by atoms with van der Waals surface area (Å²) in [5, 5.41) is 3.20. The lowest BCUT2D eigenvalue weighted by Crippen LogP contribution is -2.41. The first kappa shape index (κ1) is 9.96. The third-order valence-corrected chi connectivity index (χ3v) is 2.73. The second-order valence-electron chi connectivity index (χ2n) is 3.59. The maximum atomic E-state index is 5.34. The Bertz CT molecular complexity index is 118. The number of likely N-dealkylation sites (tertiary alicyclic amines) is 1.